The summed E-state index contributed by atoms with van der Waals surface area (Å²) in [5, 5.41) is 0. The topological polar surface area (TPSA) is 61.8 Å². The van der Waals surface area contributed by atoms with Gasteiger partial charge in [0.2, 0.25) is 0 Å². The molecule has 0 aromatic carbocycles. The number of rotatable bonds is 47. The van der Waals surface area contributed by atoms with Crippen LogP contribution in [0, 0.1) is 0 Å². The van der Waals surface area contributed by atoms with Crippen molar-refractivity contribution in [3.63, 3.8) is 0 Å². The number of carbonyl (C=O) groups excluding carboxylic acids is 2. The second kappa shape index (κ2) is 51.0. The van der Waals surface area contributed by atoms with E-state index >= 15 is 0 Å². The lowest BCUT2D eigenvalue weighted by molar-refractivity contribution is -0.163. The Labute approximate surface area is 373 Å². The molecule has 0 heterocycles. The first-order chi connectivity index (χ1) is 29.6. The highest BCUT2D eigenvalue weighted by Gasteiger charge is 2.17. The number of carbonyl (C=O) groups is 2. The number of esters is 2. The van der Waals surface area contributed by atoms with Crippen LogP contribution in [0.1, 0.15) is 252 Å². The monoisotopic (exact) mass is 839 g/mol. The second-order valence-corrected chi connectivity index (χ2v) is 17.0. The van der Waals surface area contributed by atoms with Gasteiger partial charge >= 0.3 is 11.9 Å². The van der Waals surface area contributed by atoms with E-state index in [1.807, 2.05) is 0 Å². The molecule has 0 aliphatic rings. The number of hydrogen-bond donors (Lipinski definition) is 0. The molecule has 0 saturated heterocycles. The van der Waals surface area contributed by atoms with Gasteiger partial charge in [-0.2, -0.15) is 0 Å². The molecule has 1 unspecified atom stereocenters. The lowest BCUT2D eigenvalue weighted by Gasteiger charge is -2.18. The fourth-order valence-electron chi connectivity index (χ4n) is 7.20. The lowest BCUT2D eigenvalue weighted by atomic mass is 10.1. The summed E-state index contributed by atoms with van der Waals surface area (Å²) in [6.45, 7) is 7.67. The molecule has 0 amide bonds. The summed E-state index contributed by atoms with van der Waals surface area (Å²) in [5.74, 6) is -0.406. The zero-order chi connectivity index (χ0) is 43.5. The van der Waals surface area contributed by atoms with Crippen molar-refractivity contribution in [1.29, 1.82) is 0 Å². The van der Waals surface area contributed by atoms with Crippen molar-refractivity contribution in [3.8, 4) is 0 Å². The highest BCUT2D eigenvalue weighted by atomic mass is 16.6. The SMILES string of the molecule is CC/C=C\C/C=C\C/C=C\CCCCCCCCOCC(COC(=O)CCCCCCCCCCC/C=C\C/C=C\CCCCC)OC(=O)CCCCCCCCCCC. The minimum atomic E-state index is -0.542. The maximum absolute atomic E-state index is 12.7. The van der Waals surface area contributed by atoms with Gasteiger partial charge in [-0.15, -0.1) is 0 Å². The quantitative estimate of drug-likeness (QED) is 0.0347. The molecule has 5 heteroatoms. The molecule has 0 aliphatic carbocycles. The van der Waals surface area contributed by atoms with Gasteiger partial charge in [0.1, 0.15) is 6.61 Å². The van der Waals surface area contributed by atoms with Gasteiger partial charge in [-0.05, 0) is 83.5 Å². The Morgan fingerprint density at radius 3 is 1.23 bits per heavy atom. The molecule has 1 atom stereocenters. The van der Waals surface area contributed by atoms with Crippen LogP contribution in [-0.2, 0) is 23.8 Å². The van der Waals surface area contributed by atoms with Crippen molar-refractivity contribution in [3.05, 3.63) is 60.8 Å². The van der Waals surface area contributed by atoms with Crippen LogP contribution in [0.15, 0.2) is 60.8 Å². The van der Waals surface area contributed by atoms with Crippen molar-refractivity contribution >= 4 is 11.9 Å². The summed E-state index contributed by atoms with van der Waals surface area (Å²) < 4.78 is 17.4. The zero-order valence-corrected chi connectivity index (χ0v) is 40.0. The number of allylic oxidation sites excluding steroid dienone is 10. The molecule has 0 fully saturated rings. The molecule has 0 saturated carbocycles. The van der Waals surface area contributed by atoms with Gasteiger partial charge in [-0.1, -0.05) is 216 Å². The molecule has 0 bridgehead atoms. The van der Waals surface area contributed by atoms with E-state index < -0.39 is 6.10 Å². The minimum absolute atomic E-state index is 0.0787. The molecule has 0 aromatic heterocycles. The van der Waals surface area contributed by atoms with E-state index in [-0.39, 0.29) is 25.2 Å². The average molecular weight is 839 g/mol. The molecular weight excluding hydrogens is 741 g/mol. The lowest BCUT2D eigenvalue weighted by Crippen LogP contribution is -2.30. The summed E-state index contributed by atoms with van der Waals surface area (Å²) in [6.07, 6.45) is 63.7. The largest absolute Gasteiger partial charge is 0.462 e. The number of ether oxygens (including phenoxy) is 3. The molecule has 60 heavy (non-hydrogen) atoms. The highest BCUT2D eigenvalue weighted by molar-refractivity contribution is 5.70. The highest BCUT2D eigenvalue weighted by Crippen LogP contribution is 2.14. The van der Waals surface area contributed by atoms with Gasteiger partial charge in [0, 0.05) is 19.4 Å². The normalized spacial score (nSPS) is 12.7. The van der Waals surface area contributed by atoms with E-state index in [1.54, 1.807) is 0 Å². The molecule has 0 aliphatic heterocycles. The summed E-state index contributed by atoms with van der Waals surface area (Å²) >= 11 is 0. The fourth-order valence-corrected chi connectivity index (χ4v) is 7.20. The summed E-state index contributed by atoms with van der Waals surface area (Å²) in [5.41, 5.74) is 0. The predicted molar refractivity (Wildman–Crippen MR) is 261 cm³/mol. The first-order valence-electron chi connectivity index (χ1n) is 25.8. The van der Waals surface area contributed by atoms with Gasteiger partial charge < -0.3 is 14.2 Å². The molecular formula is C55H98O5. The molecule has 0 spiro atoms. The summed E-state index contributed by atoms with van der Waals surface area (Å²) in [7, 11) is 0. The standard InChI is InChI=1S/C55H98O5/c1-4-7-10-13-16-19-21-23-25-27-28-29-30-32-34-37-39-42-45-48-54(56)59-52-53(60-55(57)49-46-43-40-36-18-15-12-9-6-3)51-58-50-47-44-41-38-35-33-31-26-24-22-20-17-14-11-8-5-2/h8,11,16-17,19-20,23-26,53H,4-7,9-10,12-15,18,21-22,27-52H2,1-3H3/b11-8-,19-16-,20-17-,25-23-,26-24-. The molecule has 348 valence electrons. The van der Waals surface area contributed by atoms with Gasteiger partial charge in [-0.3, -0.25) is 9.59 Å². The van der Waals surface area contributed by atoms with Crippen LogP contribution < -0.4 is 0 Å². The first kappa shape index (κ1) is 57.6. The maximum Gasteiger partial charge on any atom is 0.306 e. The van der Waals surface area contributed by atoms with Crippen molar-refractivity contribution < 1.29 is 23.8 Å². The maximum atomic E-state index is 12.7. The Bertz CT molecular complexity index is 1040. The third kappa shape index (κ3) is 48.3. The average Bonchev–Trinajstić information content (AvgIpc) is 3.25. The van der Waals surface area contributed by atoms with Crippen molar-refractivity contribution in [2.75, 3.05) is 19.8 Å². The van der Waals surface area contributed by atoms with Crippen LogP contribution in [0.4, 0.5) is 0 Å². The minimum Gasteiger partial charge on any atom is -0.462 e. The summed E-state index contributed by atoms with van der Waals surface area (Å²) in [4.78, 5) is 25.3. The molecule has 0 aromatic rings. The van der Waals surface area contributed by atoms with Crippen LogP contribution in [0.25, 0.3) is 0 Å². The third-order valence-electron chi connectivity index (χ3n) is 11.0. The Kier molecular flexibility index (Phi) is 48.9. The van der Waals surface area contributed by atoms with E-state index in [1.165, 1.54) is 148 Å². The van der Waals surface area contributed by atoms with E-state index in [0.717, 1.165) is 70.6 Å². The van der Waals surface area contributed by atoms with Crippen LogP contribution in [-0.4, -0.2) is 37.9 Å². The number of hydrogen-bond acceptors (Lipinski definition) is 5. The Morgan fingerprint density at radius 1 is 0.383 bits per heavy atom. The van der Waals surface area contributed by atoms with E-state index in [9.17, 15) is 9.59 Å². The molecule has 5 nitrogen and oxygen atoms in total. The van der Waals surface area contributed by atoms with Crippen LogP contribution >= 0.6 is 0 Å². The van der Waals surface area contributed by atoms with Crippen molar-refractivity contribution in [1.82, 2.24) is 0 Å². The fraction of sp³-hybridized carbons (Fsp3) is 0.782. The van der Waals surface area contributed by atoms with Gasteiger partial charge in [-0.25, -0.2) is 0 Å². The zero-order valence-electron chi connectivity index (χ0n) is 40.0. The molecule has 0 N–H and O–H groups in total. The smallest absolute Gasteiger partial charge is 0.306 e. The first-order valence-corrected chi connectivity index (χ1v) is 25.8. The van der Waals surface area contributed by atoms with Crippen molar-refractivity contribution in [2.45, 2.75) is 258 Å². The second-order valence-electron chi connectivity index (χ2n) is 17.0. The third-order valence-corrected chi connectivity index (χ3v) is 11.0. The van der Waals surface area contributed by atoms with Crippen LogP contribution in [0.2, 0.25) is 0 Å². The Morgan fingerprint density at radius 2 is 0.750 bits per heavy atom. The Hall–Kier alpha value is -2.40. The van der Waals surface area contributed by atoms with Gasteiger partial charge in [0.15, 0.2) is 6.10 Å². The van der Waals surface area contributed by atoms with Crippen LogP contribution in [0.3, 0.4) is 0 Å². The van der Waals surface area contributed by atoms with Gasteiger partial charge in [0.05, 0.1) is 6.61 Å². The molecule has 0 rings (SSSR count). The Balaban J connectivity index is 4.19. The summed E-state index contributed by atoms with van der Waals surface area (Å²) in [6, 6.07) is 0. The van der Waals surface area contributed by atoms with E-state index in [2.05, 4.69) is 81.5 Å². The van der Waals surface area contributed by atoms with Gasteiger partial charge in [0.25, 0.3) is 0 Å². The number of unbranched alkanes of at least 4 members (excludes halogenated alkanes) is 26. The van der Waals surface area contributed by atoms with Crippen LogP contribution in [0.5, 0.6) is 0 Å². The predicted octanol–water partition coefficient (Wildman–Crippen LogP) is 17.3. The molecule has 0 radical (unpaired) electrons. The van der Waals surface area contributed by atoms with Crippen molar-refractivity contribution in [2.24, 2.45) is 0 Å². The van der Waals surface area contributed by atoms with E-state index in [4.69, 9.17) is 14.2 Å². The van der Waals surface area contributed by atoms with E-state index in [0.29, 0.717) is 19.4 Å².